The first-order valence-corrected chi connectivity index (χ1v) is 10.2. The summed E-state index contributed by atoms with van der Waals surface area (Å²) in [6.45, 7) is 0. The van der Waals surface area contributed by atoms with Gasteiger partial charge in [0.15, 0.2) is 11.5 Å². The quantitative estimate of drug-likeness (QED) is 0.589. The summed E-state index contributed by atoms with van der Waals surface area (Å²) >= 11 is 0. The molecule has 158 valence electrons. The molecule has 0 N–H and O–H groups in total. The molecule has 0 aliphatic carbocycles. The minimum atomic E-state index is -0.372. The van der Waals surface area contributed by atoms with Crippen molar-refractivity contribution in [1.82, 2.24) is 5.01 Å². The highest BCUT2D eigenvalue weighted by Gasteiger charge is 2.41. The summed E-state index contributed by atoms with van der Waals surface area (Å²) in [6, 6.07) is 22.1. The van der Waals surface area contributed by atoms with E-state index >= 15 is 0 Å². The molecule has 6 nitrogen and oxygen atoms in total. The molecule has 0 saturated carbocycles. The summed E-state index contributed by atoms with van der Waals surface area (Å²) < 4.78 is 22.8. The van der Waals surface area contributed by atoms with Gasteiger partial charge in [0.1, 0.15) is 11.5 Å². The highest BCUT2D eigenvalue weighted by Crippen LogP contribution is 2.48. The lowest BCUT2D eigenvalue weighted by Crippen LogP contribution is -2.33. The summed E-state index contributed by atoms with van der Waals surface area (Å²) in [5.74, 6) is 3.04. The second-order valence-electron chi connectivity index (χ2n) is 7.50. The van der Waals surface area contributed by atoms with Gasteiger partial charge in [-0.1, -0.05) is 30.3 Å². The van der Waals surface area contributed by atoms with Crippen molar-refractivity contribution in [2.24, 2.45) is 5.10 Å². The Kier molecular flexibility index (Phi) is 4.90. The van der Waals surface area contributed by atoms with Crippen LogP contribution < -0.4 is 18.9 Å². The molecule has 0 bridgehead atoms. The molecule has 5 rings (SSSR count). The van der Waals surface area contributed by atoms with Crippen molar-refractivity contribution < 1.29 is 18.9 Å². The van der Waals surface area contributed by atoms with E-state index in [-0.39, 0.29) is 12.3 Å². The molecule has 0 amide bonds. The predicted molar refractivity (Wildman–Crippen MR) is 118 cm³/mol. The van der Waals surface area contributed by atoms with Crippen LogP contribution in [0.1, 0.15) is 35.4 Å². The van der Waals surface area contributed by atoms with Gasteiger partial charge in [-0.05, 0) is 36.4 Å². The molecule has 6 heteroatoms. The van der Waals surface area contributed by atoms with Crippen LogP contribution in [0.3, 0.4) is 0 Å². The Morgan fingerprint density at radius 3 is 2.52 bits per heavy atom. The van der Waals surface area contributed by atoms with Gasteiger partial charge in [-0.3, -0.25) is 0 Å². The molecule has 0 unspecified atom stereocenters. The zero-order valence-corrected chi connectivity index (χ0v) is 17.7. The first-order valence-electron chi connectivity index (χ1n) is 10.2. The summed E-state index contributed by atoms with van der Waals surface area (Å²) in [5.41, 5.74) is 4.15. The van der Waals surface area contributed by atoms with Gasteiger partial charge in [0.2, 0.25) is 6.23 Å². The molecule has 3 aromatic rings. The number of hydrogen-bond donors (Lipinski definition) is 0. The van der Waals surface area contributed by atoms with E-state index in [0.717, 1.165) is 40.3 Å². The second kappa shape index (κ2) is 7.87. The lowest BCUT2D eigenvalue weighted by Gasteiger charge is -2.38. The van der Waals surface area contributed by atoms with Crippen molar-refractivity contribution in [3.63, 3.8) is 0 Å². The first kappa shape index (κ1) is 19.3. The average molecular weight is 416 g/mol. The van der Waals surface area contributed by atoms with Gasteiger partial charge < -0.3 is 18.9 Å². The molecule has 31 heavy (non-hydrogen) atoms. The summed E-state index contributed by atoms with van der Waals surface area (Å²) in [5, 5.41) is 7.06. The van der Waals surface area contributed by atoms with Gasteiger partial charge in [-0.25, -0.2) is 5.01 Å². The minimum Gasteiger partial charge on any atom is -0.497 e. The Bertz CT molecular complexity index is 1140. The number of ether oxygens (including phenoxy) is 4. The van der Waals surface area contributed by atoms with Crippen LogP contribution >= 0.6 is 0 Å². The molecule has 3 aromatic carbocycles. The summed E-state index contributed by atoms with van der Waals surface area (Å²) in [6.07, 6.45) is 0.417. The van der Waals surface area contributed by atoms with Crippen molar-refractivity contribution >= 4 is 5.71 Å². The van der Waals surface area contributed by atoms with E-state index in [1.807, 2.05) is 54.6 Å². The number of para-hydroxylation sites is 1. The Balaban J connectivity index is 1.58. The fraction of sp³-hybridized carbons (Fsp3) is 0.240. The third kappa shape index (κ3) is 3.34. The maximum absolute atomic E-state index is 6.43. The van der Waals surface area contributed by atoms with Crippen LogP contribution in [0.5, 0.6) is 23.0 Å². The van der Waals surface area contributed by atoms with Crippen LogP contribution in [0.4, 0.5) is 0 Å². The van der Waals surface area contributed by atoms with Crippen molar-refractivity contribution in [2.75, 3.05) is 21.3 Å². The average Bonchev–Trinajstić information content (AvgIpc) is 3.29. The summed E-state index contributed by atoms with van der Waals surface area (Å²) in [4.78, 5) is 0. The van der Waals surface area contributed by atoms with Gasteiger partial charge in [0.05, 0.1) is 33.1 Å². The third-order valence-electron chi connectivity index (χ3n) is 5.79. The molecule has 0 radical (unpaired) electrons. The standard InChI is InChI=1S/C25H24N2O4/c1-28-18-8-6-7-16(13-18)20-15-21-19-9-4-5-10-22(19)31-25(27(21)26-20)17-11-12-23(29-2)24(14-17)30-3/h4-14,21,25H,15H2,1-3H3/t21-,25+/m0/s1. The Hall–Kier alpha value is -3.67. The maximum Gasteiger partial charge on any atom is 0.214 e. The van der Waals surface area contributed by atoms with E-state index in [4.69, 9.17) is 24.0 Å². The smallest absolute Gasteiger partial charge is 0.214 e. The zero-order valence-electron chi connectivity index (χ0n) is 17.7. The molecule has 2 heterocycles. The van der Waals surface area contributed by atoms with E-state index in [9.17, 15) is 0 Å². The van der Waals surface area contributed by atoms with Crippen LogP contribution in [0, 0.1) is 0 Å². The third-order valence-corrected chi connectivity index (χ3v) is 5.79. The molecule has 2 aliphatic heterocycles. The van der Waals surface area contributed by atoms with E-state index in [2.05, 4.69) is 17.1 Å². The second-order valence-corrected chi connectivity index (χ2v) is 7.50. The molecule has 2 aliphatic rings. The van der Waals surface area contributed by atoms with Crippen molar-refractivity contribution in [3.05, 3.63) is 83.4 Å². The Morgan fingerprint density at radius 1 is 0.871 bits per heavy atom. The number of methoxy groups -OCH3 is 3. The predicted octanol–water partition coefficient (Wildman–Crippen LogP) is 4.95. The Labute approximate surface area is 181 Å². The summed E-state index contributed by atoms with van der Waals surface area (Å²) in [7, 11) is 4.94. The van der Waals surface area contributed by atoms with Crippen molar-refractivity contribution in [2.45, 2.75) is 18.7 Å². The van der Waals surface area contributed by atoms with Crippen molar-refractivity contribution in [1.29, 1.82) is 0 Å². The van der Waals surface area contributed by atoms with E-state index in [1.54, 1.807) is 21.3 Å². The number of fused-ring (bicyclic) bond motifs is 3. The first-order chi connectivity index (χ1) is 15.2. The van der Waals surface area contributed by atoms with Crippen LogP contribution in [0.25, 0.3) is 0 Å². The van der Waals surface area contributed by atoms with Gasteiger partial charge in [-0.2, -0.15) is 5.10 Å². The molecular weight excluding hydrogens is 392 g/mol. The molecule has 0 spiro atoms. The van der Waals surface area contributed by atoms with Crippen molar-refractivity contribution in [3.8, 4) is 23.0 Å². The highest BCUT2D eigenvalue weighted by atomic mass is 16.5. The number of hydrogen-bond acceptors (Lipinski definition) is 6. The molecule has 2 atom stereocenters. The van der Waals surface area contributed by atoms with Crippen LogP contribution in [0.2, 0.25) is 0 Å². The van der Waals surface area contributed by atoms with Crippen LogP contribution in [-0.4, -0.2) is 32.0 Å². The highest BCUT2D eigenvalue weighted by molar-refractivity contribution is 6.02. The number of nitrogens with zero attached hydrogens (tertiary/aromatic N) is 2. The van der Waals surface area contributed by atoms with Crippen LogP contribution in [0.15, 0.2) is 71.8 Å². The Morgan fingerprint density at radius 2 is 1.71 bits per heavy atom. The van der Waals surface area contributed by atoms with E-state index < -0.39 is 0 Å². The van der Waals surface area contributed by atoms with Gasteiger partial charge >= 0.3 is 0 Å². The number of rotatable bonds is 5. The fourth-order valence-corrected chi connectivity index (χ4v) is 4.24. The monoisotopic (exact) mass is 416 g/mol. The number of benzene rings is 3. The normalized spacial score (nSPS) is 19.1. The van der Waals surface area contributed by atoms with E-state index in [1.165, 1.54) is 0 Å². The van der Waals surface area contributed by atoms with E-state index in [0.29, 0.717) is 11.5 Å². The van der Waals surface area contributed by atoms with Crippen LogP contribution in [-0.2, 0) is 0 Å². The van der Waals surface area contributed by atoms with Gasteiger partial charge in [0.25, 0.3) is 0 Å². The molecule has 0 saturated heterocycles. The maximum atomic E-state index is 6.43. The molecule has 0 fully saturated rings. The fourth-order valence-electron chi connectivity index (χ4n) is 4.24. The lowest BCUT2D eigenvalue weighted by atomic mass is 9.96. The number of hydrazone groups is 1. The lowest BCUT2D eigenvalue weighted by molar-refractivity contribution is -0.0191. The molecular formula is C25H24N2O4. The minimum absolute atomic E-state index is 0.0873. The largest absolute Gasteiger partial charge is 0.497 e. The van der Waals surface area contributed by atoms with Gasteiger partial charge in [0, 0.05) is 23.1 Å². The topological polar surface area (TPSA) is 52.5 Å². The van der Waals surface area contributed by atoms with Gasteiger partial charge in [-0.15, -0.1) is 0 Å². The SMILES string of the molecule is COc1cccc(C2=NN3[C@@H](c4ccc(OC)c(OC)c4)Oc4ccccc4[C@@H]3C2)c1. The molecule has 0 aromatic heterocycles. The zero-order chi connectivity index (χ0) is 21.4.